The Labute approximate surface area is 351 Å². The second-order valence-corrected chi connectivity index (χ2v) is 15.9. The van der Waals surface area contributed by atoms with Crippen molar-refractivity contribution in [1.82, 2.24) is 5.32 Å². The quantitative estimate of drug-likeness (QED) is 0.0248. The summed E-state index contributed by atoms with van der Waals surface area (Å²) < 4.78 is 5.88. The normalized spacial score (nSPS) is 14.0. The van der Waals surface area contributed by atoms with Crippen LogP contribution in [-0.2, 0) is 14.3 Å². The topological polar surface area (TPSA) is 95.9 Å². The van der Waals surface area contributed by atoms with E-state index in [1.54, 1.807) is 0 Å². The summed E-state index contributed by atoms with van der Waals surface area (Å²) in [4.78, 5) is 26.0. The minimum atomic E-state index is -0.802. The maximum atomic E-state index is 13.1. The fourth-order valence-electron chi connectivity index (χ4n) is 6.76. The highest BCUT2D eigenvalue weighted by atomic mass is 16.5. The standard InChI is InChI=1S/C51H89NO5/c1-4-7-10-13-16-19-22-24-25-26-27-28-30-33-36-39-42-47(57-51(56)44-41-38-35-32-21-18-15-12-9-6-3)45-50(55)52-48(46-53)49(54)43-40-37-34-31-29-23-20-17-14-11-8-5-2/h10,12-13,15-16,19,22,24-28,47-49,53-54H,4-9,11,14,17-18,20-21,23,29-46H2,1-3H3,(H,52,55)/b13-10+,15-12-,19-16+,24-22+,26-25+,28-27+. The third kappa shape index (κ3) is 39.9. The molecule has 0 bridgehead atoms. The monoisotopic (exact) mass is 796 g/mol. The third-order valence-electron chi connectivity index (χ3n) is 10.3. The van der Waals surface area contributed by atoms with Crippen molar-refractivity contribution < 1.29 is 24.5 Å². The van der Waals surface area contributed by atoms with E-state index in [4.69, 9.17) is 4.74 Å². The van der Waals surface area contributed by atoms with Gasteiger partial charge in [0.05, 0.1) is 25.2 Å². The molecule has 3 atom stereocenters. The van der Waals surface area contributed by atoms with Crippen LogP contribution in [0.3, 0.4) is 0 Å². The van der Waals surface area contributed by atoms with Gasteiger partial charge in [-0.05, 0) is 64.2 Å². The smallest absolute Gasteiger partial charge is 0.306 e. The zero-order chi connectivity index (χ0) is 41.7. The highest BCUT2D eigenvalue weighted by Gasteiger charge is 2.24. The van der Waals surface area contributed by atoms with E-state index in [1.165, 1.54) is 83.5 Å². The second-order valence-electron chi connectivity index (χ2n) is 15.9. The molecule has 0 fully saturated rings. The first-order valence-electron chi connectivity index (χ1n) is 23.7. The molecule has 0 aliphatic heterocycles. The average molecular weight is 796 g/mol. The summed E-state index contributed by atoms with van der Waals surface area (Å²) in [5, 5.41) is 23.7. The lowest BCUT2D eigenvalue weighted by molar-refractivity contribution is -0.151. The van der Waals surface area contributed by atoms with Gasteiger partial charge < -0.3 is 20.3 Å². The SMILES string of the molecule is CCC/C=C\CCCCCCCC(=O)OC(CCCCC/C=C/C=C/C=C/C=C/C=C/CCC)CC(=O)NC(CO)C(O)CCCCCCCCCCCCCC. The molecule has 6 heteroatoms. The predicted molar refractivity (Wildman–Crippen MR) is 245 cm³/mol. The first-order valence-corrected chi connectivity index (χ1v) is 23.7. The molecule has 0 aliphatic rings. The Balaban J connectivity index is 4.71. The van der Waals surface area contributed by atoms with Crippen LogP contribution in [0.25, 0.3) is 0 Å². The van der Waals surface area contributed by atoms with E-state index in [-0.39, 0.29) is 24.9 Å². The van der Waals surface area contributed by atoms with Gasteiger partial charge in [0.25, 0.3) is 0 Å². The molecule has 0 spiro atoms. The molecule has 0 saturated heterocycles. The number of unbranched alkanes of at least 4 members (excludes halogenated alkanes) is 21. The van der Waals surface area contributed by atoms with Gasteiger partial charge >= 0.3 is 5.97 Å². The summed E-state index contributed by atoms with van der Waals surface area (Å²) >= 11 is 0. The van der Waals surface area contributed by atoms with Crippen molar-refractivity contribution in [3.63, 3.8) is 0 Å². The molecule has 328 valence electrons. The number of hydrogen-bond donors (Lipinski definition) is 3. The zero-order valence-corrected chi connectivity index (χ0v) is 37.2. The van der Waals surface area contributed by atoms with Gasteiger partial charge in [-0.2, -0.15) is 0 Å². The Kier molecular flexibility index (Phi) is 42.3. The number of allylic oxidation sites excluding steroid dienone is 12. The molecule has 3 unspecified atom stereocenters. The molecular formula is C51H89NO5. The maximum Gasteiger partial charge on any atom is 0.306 e. The van der Waals surface area contributed by atoms with Crippen LogP contribution in [0.5, 0.6) is 0 Å². The predicted octanol–water partition coefficient (Wildman–Crippen LogP) is 13.8. The lowest BCUT2D eigenvalue weighted by Gasteiger charge is -2.24. The van der Waals surface area contributed by atoms with Gasteiger partial charge in [0, 0.05) is 6.42 Å². The number of carbonyl (C=O) groups is 2. The lowest BCUT2D eigenvalue weighted by Crippen LogP contribution is -2.46. The summed E-state index contributed by atoms with van der Waals surface area (Å²) in [6, 6.07) is -0.718. The van der Waals surface area contributed by atoms with Crippen LogP contribution in [0.4, 0.5) is 0 Å². The van der Waals surface area contributed by atoms with Crippen molar-refractivity contribution in [2.45, 2.75) is 232 Å². The van der Waals surface area contributed by atoms with Crippen LogP contribution < -0.4 is 5.32 Å². The summed E-state index contributed by atoms with van der Waals surface area (Å²) in [6.07, 6.45) is 55.2. The molecule has 57 heavy (non-hydrogen) atoms. The zero-order valence-electron chi connectivity index (χ0n) is 37.2. The van der Waals surface area contributed by atoms with Crippen LogP contribution in [0.1, 0.15) is 213 Å². The van der Waals surface area contributed by atoms with Crippen LogP contribution in [-0.4, -0.2) is 46.9 Å². The molecule has 0 rings (SSSR count). The van der Waals surface area contributed by atoms with Crippen molar-refractivity contribution in [3.05, 3.63) is 72.9 Å². The number of hydrogen-bond acceptors (Lipinski definition) is 5. The summed E-state index contributed by atoms with van der Waals surface area (Å²) in [6.45, 7) is 6.30. The Morgan fingerprint density at radius 1 is 0.509 bits per heavy atom. The van der Waals surface area contributed by atoms with Gasteiger partial charge in [-0.1, -0.05) is 209 Å². The van der Waals surface area contributed by atoms with Crippen LogP contribution in [0.2, 0.25) is 0 Å². The number of aliphatic hydroxyl groups is 2. The fourth-order valence-corrected chi connectivity index (χ4v) is 6.76. The van der Waals surface area contributed by atoms with Crippen LogP contribution in [0.15, 0.2) is 72.9 Å². The minimum Gasteiger partial charge on any atom is -0.462 e. The summed E-state index contributed by atoms with van der Waals surface area (Å²) in [7, 11) is 0. The Morgan fingerprint density at radius 2 is 0.947 bits per heavy atom. The number of ether oxygens (including phenoxy) is 1. The molecule has 0 aromatic rings. The molecule has 0 saturated carbocycles. The lowest BCUT2D eigenvalue weighted by atomic mass is 10.0. The van der Waals surface area contributed by atoms with E-state index in [9.17, 15) is 19.8 Å². The van der Waals surface area contributed by atoms with Gasteiger partial charge in [-0.15, -0.1) is 0 Å². The van der Waals surface area contributed by atoms with Gasteiger partial charge in [-0.3, -0.25) is 9.59 Å². The second kappa shape index (κ2) is 44.4. The molecule has 1 amide bonds. The molecular weight excluding hydrogens is 707 g/mol. The van der Waals surface area contributed by atoms with E-state index in [0.29, 0.717) is 19.3 Å². The van der Waals surface area contributed by atoms with Crippen molar-refractivity contribution in [2.75, 3.05) is 6.61 Å². The van der Waals surface area contributed by atoms with Gasteiger partial charge in [-0.25, -0.2) is 0 Å². The van der Waals surface area contributed by atoms with Crippen LogP contribution in [0, 0.1) is 0 Å². The Bertz CT molecular complexity index is 1070. The maximum absolute atomic E-state index is 13.1. The van der Waals surface area contributed by atoms with E-state index in [1.807, 2.05) is 36.5 Å². The van der Waals surface area contributed by atoms with E-state index in [2.05, 4.69) is 62.5 Å². The largest absolute Gasteiger partial charge is 0.462 e. The highest BCUT2D eigenvalue weighted by molar-refractivity contribution is 5.77. The van der Waals surface area contributed by atoms with Crippen molar-refractivity contribution in [2.24, 2.45) is 0 Å². The first-order chi connectivity index (χ1) is 28.0. The molecule has 3 N–H and O–H groups in total. The minimum absolute atomic E-state index is 0.0432. The van der Waals surface area contributed by atoms with E-state index < -0.39 is 18.2 Å². The molecule has 0 aromatic heterocycles. The number of esters is 1. The molecule has 0 radical (unpaired) electrons. The van der Waals surface area contributed by atoms with E-state index >= 15 is 0 Å². The molecule has 0 aromatic carbocycles. The average Bonchev–Trinajstić information content (AvgIpc) is 3.20. The number of amides is 1. The third-order valence-corrected chi connectivity index (χ3v) is 10.3. The molecule has 0 aliphatic carbocycles. The molecule has 6 nitrogen and oxygen atoms in total. The summed E-state index contributed by atoms with van der Waals surface area (Å²) in [5.41, 5.74) is 0. The van der Waals surface area contributed by atoms with Gasteiger partial charge in [0.1, 0.15) is 6.10 Å². The van der Waals surface area contributed by atoms with Crippen molar-refractivity contribution >= 4 is 11.9 Å². The Hall–Kier alpha value is -2.70. The van der Waals surface area contributed by atoms with Gasteiger partial charge in [0.15, 0.2) is 0 Å². The van der Waals surface area contributed by atoms with Crippen molar-refractivity contribution in [3.8, 4) is 0 Å². The summed E-state index contributed by atoms with van der Waals surface area (Å²) in [5.74, 6) is -0.533. The number of rotatable bonds is 41. The first kappa shape index (κ1) is 54.3. The number of aliphatic hydroxyl groups excluding tert-OH is 2. The van der Waals surface area contributed by atoms with Gasteiger partial charge in [0.2, 0.25) is 5.91 Å². The molecule has 0 heterocycles. The number of nitrogens with one attached hydrogen (secondary N) is 1. The fraction of sp³-hybridized carbons (Fsp3) is 0.725. The number of carbonyl (C=O) groups excluding carboxylic acids is 2. The Morgan fingerprint density at radius 3 is 1.53 bits per heavy atom. The van der Waals surface area contributed by atoms with Crippen molar-refractivity contribution in [1.29, 1.82) is 0 Å². The van der Waals surface area contributed by atoms with Crippen LogP contribution >= 0.6 is 0 Å². The highest BCUT2D eigenvalue weighted by Crippen LogP contribution is 2.17. The van der Waals surface area contributed by atoms with E-state index in [0.717, 1.165) is 83.5 Å².